The summed E-state index contributed by atoms with van der Waals surface area (Å²) in [7, 11) is 2.05. The quantitative estimate of drug-likeness (QED) is 0.667. The Morgan fingerprint density at radius 1 is 1.25 bits per heavy atom. The Balaban J connectivity index is 0.000000673. The second kappa shape index (κ2) is 8.78. The van der Waals surface area contributed by atoms with E-state index in [-0.39, 0.29) is 0 Å². The van der Waals surface area contributed by atoms with Crippen LogP contribution in [0.15, 0.2) is 54.8 Å². The van der Waals surface area contributed by atoms with Crippen LogP contribution in [0.25, 0.3) is 0 Å². The lowest BCUT2D eigenvalue weighted by Gasteiger charge is -2.19. The van der Waals surface area contributed by atoms with Crippen molar-refractivity contribution in [1.29, 1.82) is 0 Å². The summed E-state index contributed by atoms with van der Waals surface area (Å²) in [5.41, 5.74) is 2.37. The SMILES string of the molecule is C=C/C=C(\C)N(C)c1ccccc1.CCC. The molecule has 0 bridgehead atoms. The smallest absolute Gasteiger partial charge is 0.0405 e. The number of rotatable bonds is 3. The summed E-state index contributed by atoms with van der Waals surface area (Å²) in [5.74, 6) is 0. The van der Waals surface area contributed by atoms with Gasteiger partial charge in [0.1, 0.15) is 0 Å². The third kappa shape index (κ3) is 5.40. The van der Waals surface area contributed by atoms with Crippen LogP contribution in [0.5, 0.6) is 0 Å². The van der Waals surface area contributed by atoms with Crippen LogP contribution in [0.4, 0.5) is 5.69 Å². The van der Waals surface area contributed by atoms with Crippen LogP contribution in [-0.2, 0) is 0 Å². The zero-order chi connectivity index (χ0) is 12.4. The predicted octanol–water partition coefficient (Wildman–Crippen LogP) is 4.63. The molecule has 0 unspecified atom stereocenters. The van der Waals surface area contributed by atoms with Crippen LogP contribution in [0.2, 0.25) is 0 Å². The van der Waals surface area contributed by atoms with E-state index in [2.05, 4.69) is 44.4 Å². The minimum Gasteiger partial charge on any atom is -0.348 e. The van der Waals surface area contributed by atoms with Gasteiger partial charge in [-0.05, 0) is 25.1 Å². The average Bonchev–Trinajstić information content (AvgIpc) is 2.30. The van der Waals surface area contributed by atoms with Gasteiger partial charge in [0.2, 0.25) is 0 Å². The van der Waals surface area contributed by atoms with Crippen molar-refractivity contribution >= 4 is 5.69 Å². The molecule has 1 heteroatoms. The zero-order valence-corrected chi connectivity index (χ0v) is 10.9. The van der Waals surface area contributed by atoms with E-state index in [1.807, 2.05) is 31.3 Å². The summed E-state index contributed by atoms with van der Waals surface area (Å²) in [6, 6.07) is 10.3. The molecular weight excluding hydrogens is 194 g/mol. The minimum atomic E-state index is 1.18. The highest BCUT2D eigenvalue weighted by Crippen LogP contribution is 2.15. The lowest BCUT2D eigenvalue weighted by molar-refractivity contribution is 1.09. The summed E-state index contributed by atoms with van der Waals surface area (Å²) in [6.45, 7) is 9.99. The van der Waals surface area contributed by atoms with E-state index in [9.17, 15) is 0 Å². The number of allylic oxidation sites excluding steroid dienone is 3. The van der Waals surface area contributed by atoms with Crippen molar-refractivity contribution in [2.45, 2.75) is 27.2 Å². The van der Waals surface area contributed by atoms with Crippen LogP contribution in [0, 0.1) is 0 Å². The summed E-state index contributed by atoms with van der Waals surface area (Å²) in [6.07, 6.45) is 5.04. The van der Waals surface area contributed by atoms with Crippen molar-refractivity contribution in [3.05, 3.63) is 54.8 Å². The van der Waals surface area contributed by atoms with E-state index in [1.165, 1.54) is 17.8 Å². The molecule has 16 heavy (non-hydrogen) atoms. The normalized spacial score (nSPS) is 10.1. The van der Waals surface area contributed by atoms with E-state index < -0.39 is 0 Å². The number of hydrogen-bond acceptors (Lipinski definition) is 1. The molecule has 1 aromatic carbocycles. The first-order chi connectivity index (χ1) is 7.67. The molecule has 0 aliphatic carbocycles. The Labute approximate surface area is 100 Å². The van der Waals surface area contributed by atoms with Gasteiger partial charge >= 0.3 is 0 Å². The molecular formula is C15H23N. The lowest BCUT2D eigenvalue weighted by Crippen LogP contribution is -2.13. The number of anilines is 1. The van der Waals surface area contributed by atoms with Crippen LogP contribution in [0.3, 0.4) is 0 Å². The second-order valence-corrected chi connectivity index (χ2v) is 3.65. The highest BCUT2D eigenvalue weighted by atomic mass is 15.1. The van der Waals surface area contributed by atoms with Crippen LogP contribution in [-0.4, -0.2) is 7.05 Å². The van der Waals surface area contributed by atoms with Gasteiger partial charge in [-0.3, -0.25) is 0 Å². The minimum absolute atomic E-state index is 1.18. The molecule has 0 aromatic heterocycles. The fourth-order valence-corrected chi connectivity index (χ4v) is 1.14. The number of para-hydroxylation sites is 1. The van der Waals surface area contributed by atoms with Crippen molar-refractivity contribution in [3.63, 3.8) is 0 Å². The summed E-state index contributed by atoms with van der Waals surface area (Å²) < 4.78 is 0. The second-order valence-electron chi connectivity index (χ2n) is 3.65. The molecule has 1 nitrogen and oxygen atoms in total. The molecule has 0 aliphatic heterocycles. The van der Waals surface area contributed by atoms with Crippen molar-refractivity contribution in [2.24, 2.45) is 0 Å². The van der Waals surface area contributed by atoms with E-state index in [0.717, 1.165) is 0 Å². The highest BCUT2D eigenvalue weighted by Gasteiger charge is 1.99. The molecule has 0 N–H and O–H groups in total. The monoisotopic (exact) mass is 217 g/mol. The van der Waals surface area contributed by atoms with Crippen molar-refractivity contribution in [2.75, 3.05) is 11.9 Å². The molecule has 0 amide bonds. The van der Waals surface area contributed by atoms with Gasteiger partial charge in [0, 0.05) is 18.4 Å². The van der Waals surface area contributed by atoms with Gasteiger partial charge in [0.05, 0.1) is 0 Å². The summed E-state index contributed by atoms with van der Waals surface area (Å²) in [4.78, 5) is 2.13. The Bertz CT molecular complexity index is 311. The number of benzene rings is 1. The maximum Gasteiger partial charge on any atom is 0.0405 e. The zero-order valence-electron chi connectivity index (χ0n) is 10.9. The van der Waals surface area contributed by atoms with Crippen LogP contribution < -0.4 is 4.90 Å². The van der Waals surface area contributed by atoms with E-state index in [1.54, 1.807) is 6.08 Å². The predicted molar refractivity (Wildman–Crippen MR) is 74.8 cm³/mol. The maximum absolute atomic E-state index is 3.67. The largest absolute Gasteiger partial charge is 0.348 e. The van der Waals surface area contributed by atoms with E-state index in [4.69, 9.17) is 0 Å². The Kier molecular flexibility index (Phi) is 7.96. The standard InChI is InChI=1S/C12H15N.C3H8/c1-4-8-11(2)13(3)12-9-6-5-7-10-12;1-3-2/h4-10H,1H2,2-3H3;3H2,1-2H3/b11-8+;. The first-order valence-corrected chi connectivity index (χ1v) is 5.75. The Morgan fingerprint density at radius 3 is 2.19 bits per heavy atom. The first kappa shape index (κ1) is 14.5. The van der Waals surface area contributed by atoms with Gasteiger partial charge in [-0.15, -0.1) is 0 Å². The molecule has 0 fully saturated rings. The van der Waals surface area contributed by atoms with Crippen molar-refractivity contribution in [3.8, 4) is 0 Å². The Morgan fingerprint density at radius 2 is 1.75 bits per heavy atom. The van der Waals surface area contributed by atoms with Gasteiger partial charge in [-0.25, -0.2) is 0 Å². The van der Waals surface area contributed by atoms with Gasteiger partial charge in [-0.1, -0.05) is 51.1 Å². The molecule has 88 valence electrons. The molecule has 0 saturated carbocycles. The van der Waals surface area contributed by atoms with Gasteiger partial charge < -0.3 is 4.90 Å². The van der Waals surface area contributed by atoms with Gasteiger partial charge in [-0.2, -0.15) is 0 Å². The Hall–Kier alpha value is -1.50. The van der Waals surface area contributed by atoms with Crippen molar-refractivity contribution in [1.82, 2.24) is 0 Å². The van der Waals surface area contributed by atoms with Crippen LogP contribution in [0.1, 0.15) is 27.2 Å². The maximum atomic E-state index is 3.67. The average molecular weight is 217 g/mol. The third-order valence-electron chi connectivity index (χ3n) is 2.03. The molecule has 0 saturated heterocycles. The first-order valence-electron chi connectivity index (χ1n) is 5.75. The number of nitrogens with zero attached hydrogens (tertiary/aromatic N) is 1. The van der Waals surface area contributed by atoms with Crippen LogP contribution >= 0.6 is 0 Å². The lowest BCUT2D eigenvalue weighted by atomic mass is 10.3. The topological polar surface area (TPSA) is 3.24 Å². The van der Waals surface area contributed by atoms with Crippen molar-refractivity contribution < 1.29 is 0 Å². The summed E-state index contributed by atoms with van der Waals surface area (Å²) >= 11 is 0. The number of hydrogen-bond donors (Lipinski definition) is 0. The van der Waals surface area contributed by atoms with Gasteiger partial charge in [0.15, 0.2) is 0 Å². The fraction of sp³-hybridized carbons (Fsp3) is 0.333. The molecule has 0 spiro atoms. The molecule has 1 aromatic rings. The third-order valence-corrected chi connectivity index (χ3v) is 2.03. The fourth-order valence-electron chi connectivity index (χ4n) is 1.14. The molecule has 0 aliphatic rings. The summed E-state index contributed by atoms with van der Waals surface area (Å²) in [5, 5.41) is 0. The molecule has 0 radical (unpaired) electrons. The molecule has 0 atom stereocenters. The van der Waals surface area contributed by atoms with E-state index >= 15 is 0 Å². The van der Waals surface area contributed by atoms with E-state index in [0.29, 0.717) is 0 Å². The highest BCUT2D eigenvalue weighted by molar-refractivity contribution is 5.50. The van der Waals surface area contributed by atoms with Gasteiger partial charge in [0.25, 0.3) is 0 Å². The molecule has 1 rings (SSSR count). The molecule has 0 heterocycles.